The first kappa shape index (κ1) is 13.4. The van der Waals surface area contributed by atoms with Crippen LogP contribution in [-0.4, -0.2) is 16.0 Å². The highest BCUT2D eigenvalue weighted by molar-refractivity contribution is 6.01. The Kier molecular flexibility index (Phi) is 2.64. The molecule has 1 aliphatic heterocycles. The van der Waals surface area contributed by atoms with Crippen molar-refractivity contribution in [3.05, 3.63) is 46.7 Å². The second-order valence-electron chi connectivity index (χ2n) is 7.06. The van der Waals surface area contributed by atoms with Crippen molar-refractivity contribution in [2.75, 3.05) is 5.32 Å². The second-order valence-corrected chi connectivity index (χ2v) is 7.06. The molecule has 2 N–H and O–H groups in total. The third kappa shape index (κ3) is 1.85. The molecule has 5 heteroatoms. The smallest absolute Gasteiger partial charge is 0.162 e. The van der Waals surface area contributed by atoms with E-state index in [4.69, 9.17) is 4.42 Å². The van der Waals surface area contributed by atoms with Gasteiger partial charge in [0.05, 0.1) is 12.5 Å². The van der Waals surface area contributed by atoms with Gasteiger partial charge in [0.1, 0.15) is 0 Å². The standard InChI is InChI=1S/C17H19N3O2/c1-9-13-14(10-4-5-22-8-10)15-11(18-16(13)20-19-9)6-17(2,3)7-12(15)21/h4-5,8,14H,6-7H2,1-3H3,(H2,18,19,20)/t14-/m1/s1. The molecular formula is C17H19N3O2. The summed E-state index contributed by atoms with van der Waals surface area (Å²) in [5.74, 6) is 0.955. The van der Waals surface area contributed by atoms with Crippen molar-refractivity contribution in [1.82, 2.24) is 10.2 Å². The van der Waals surface area contributed by atoms with Crippen molar-refractivity contribution in [1.29, 1.82) is 0 Å². The lowest BCUT2D eigenvalue weighted by atomic mass is 9.69. The zero-order chi connectivity index (χ0) is 15.5. The summed E-state index contributed by atoms with van der Waals surface area (Å²) in [6, 6.07) is 1.93. The van der Waals surface area contributed by atoms with Crippen LogP contribution < -0.4 is 5.32 Å². The number of nitrogens with zero attached hydrogens (tertiary/aromatic N) is 1. The van der Waals surface area contributed by atoms with Gasteiger partial charge in [-0.25, -0.2) is 0 Å². The minimum absolute atomic E-state index is 0.0211. The molecule has 1 atom stereocenters. The zero-order valence-corrected chi connectivity index (χ0v) is 13.0. The fourth-order valence-electron chi connectivity index (χ4n) is 3.73. The Morgan fingerprint density at radius 2 is 2.18 bits per heavy atom. The molecule has 0 spiro atoms. The number of hydrogen-bond acceptors (Lipinski definition) is 4. The number of nitrogens with one attached hydrogen (secondary N) is 2. The number of allylic oxidation sites excluding steroid dienone is 2. The van der Waals surface area contributed by atoms with E-state index in [1.807, 2.05) is 13.0 Å². The number of carbonyl (C=O) groups excluding carboxylic acids is 1. The first-order valence-electron chi connectivity index (χ1n) is 7.56. The number of aromatic amines is 1. The first-order valence-corrected chi connectivity index (χ1v) is 7.56. The molecule has 0 aromatic carbocycles. The predicted molar refractivity (Wildman–Crippen MR) is 82.5 cm³/mol. The van der Waals surface area contributed by atoms with Crippen molar-refractivity contribution >= 4 is 11.6 Å². The van der Waals surface area contributed by atoms with E-state index in [1.54, 1.807) is 12.5 Å². The number of anilines is 1. The number of furan rings is 1. The van der Waals surface area contributed by atoms with Crippen molar-refractivity contribution in [3.8, 4) is 0 Å². The van der Waals surface area contributed by atoms with Gasteiger partial charge in [0, 0.05) is 40.4 Å². The molecule has 0 unspecified atom stereocenters. The molecule has 0 saturated carbocycles. The summed E-state index contributed by atoms with van der Waals surface area (Å²) in [4.78, 5) is 12.8. The van der Waals surface area contributed by atoms with Crippen LogP contribution in [0.15, 0.2) is 34.3 Å². The molecule has 0 bridgehead atoms. The topological polar surface area (TPSA) is 70.9 Å². The minimum Gasteiger partial charge on any atom is -0.472 e. The third-order valence-corrected chi connectivity index (χ3v) is 4.64. The number of hydrogen-bond donors (Lipinski definition) is 2. The van der Waals surface area contributed by atoms with E-state index >= 15 is 0 Å². The molecule has 114 valence electrons. The normalized spacial score (nSPS) is 23.0. The summed E-state index contributed by atoms with van der Waals surface area (Å²) >= 11 is 0. The van der Waals surface area contributed by atoms with Crippen LogP contribution >= 0.6 is 0 Å². The number of ketones is 1. The van der Waals surface area contributed by atoms with Gasteiger partial charge in [0.15, 0.2) is 11.6 Å². The fraction of sp³-hybridized carbons (Fsp3) is 0.412. The van der Waals surface area contributed by atoms with E-state index in [9.17, 15) is 4.79 Å². The second kappa shape index (κ2) is 4.35. The summed E-state index contributed by atoms with van der Waals surface area (Å²) in [5.41, 5.74) is 4.90. The number of H-pyrrole nitrogens is 1. The average molecular weight is 297 g/mol. The van der Waals surface area contributed by atoms with E-state index in [2.05, 4.69) is 29.4 Å². The molecule has 0 radical (unpaired) electrons. The van der Waals surface area contributed by atoms with Crippen molar-refractivity contribution in [2.45, 2.75) is 39.5 Å². The van der Waals surface area contributed by atoms with E-state index in [1.165, 1.54) is 0 Å². The zero-order valence-electron chi connectivity index (χ0n) is 13.0. The highest BCUT2D eigenvalue weighted by atomic mass is 16.3. The van der Waals surface area contributed by atoms with Gasteiger partial charge in [0.2, 0.25) is 0 Å². The quantitative estimate of drug-likeness (QED) is 0.845. The van der Waals surface area contributed by atoms with Gasteiger partial charge in [0.25, 0.3) is 0 Å². The molecule has 4 rings (SSSR count). The Labute approximate surface area is 128 Å². The van der Waals surface area contributed by atoms with Crippen LogP contribution in [0.25, 0.3) is 0 Å². The average Bonchev–Trinajstić information content (AvgIpc) is 3.05. The predicted octanol–water partition coefficient (Wildman–Crippen LogP) is 3.51. The molecule has 0 fully saturated rings. The summed E-state index contributed by atoms with van der Waals surface area (Å²) in [6.07, 6.45) is 4.82. The number of rotatable bonds is 1. The maximum Gasteiger partial charge on any atom is 0.162 e. The largest absolute Gasteiger partial charge is 0.472 e. The van der Waals surface area contributed by atoms with Crippen LogP contribution in [0.5, 0.6) is 0 Å². The van der Waals surface area contributed by atoms with Crippen LogP contribution in [0.1, 0.15) is 49.4 Å². The molecule has 22 heavy (non-hydrogen) atoms. The first-order chi connectivity index (χ1) is 10.5. The van der Waals surface area contributed by atoms with Gasteiger partial charge in [-0.1, -0.05) is 13.8 Å². The molecule has 2 aliphatic rings. The maximum absolute atomic E-state index is 12.8. The molecule has 0 saturated heterocycles. The van der Waals surface area contributed by atoms with Crippen molar-refractivity contribution < 1.29 is 9.21 Å². The number of aromatic nitrogens is 2. The van der Waals surface area contributed by atoms with E-state index in [0.717, 1.165) is 40.3 Å². The number of fused-ring (bicyclic) bond motifs is 1. The van der Waals surface area contributed by atoms with Gasteiger partial charge in [-0.3, -0.25) is 9.89 Å². The Morgan fingerprint density at radius 1 is 1.36 bits per heavy atom. The number of carbonyl (C=O) groups is 1. The highest BCUT2D eigenvalue weighted by Crippen LogP contribution is 2.49. The Morgan fingerprint density at radius 3 is 2.91 bits per heavy atom. The molecule has 2 aromatic rings. The van der Waals surface area contributed by atoms with Crippen molar-refractivity contribution in [3.63, 3.8) is 0 Å². The number of aryl methyl sites for hydroxylation is 1. The van der Waals surface area contributed by atoms with Gasteiger partial charge in [-0.05, 0) is 24.8 Å². The number of Topliss-reactive ketones (excluding diaryl/α,β-unsaturated/α-hetero) is 1. The molecule has 1 aliphatic carbocycles. The Balaban J connectivity index is 1.94. The molecular weight excluding hydrogens is 278 g/mol. The fourth-order valence-corrected chi connectivity index (χ4v) is 3.73. The third-order valence-electron chi connectivity index (χ3n) is 4.64. The van der Waals surface area contributed by atoms with Crippen LogP contribution in [0, 0.1) is 12.3 Å². The van der Waals surface area contributed by atoms with Crippen LogP contribution in [0.3, 0.4) is 0 Å². The lowest BCUT2D eigenvalue weighted by Crippen LogP contribution is -2.33. The van der Waals surface area contributed by atoms with Crippen LogP contribution in [0.4, 0.5) is 5.82 Å². The van der Waals surface area contributed by atoms with Gasteiger partial charge < -0.3 is 9.73 Å². The maximum atomic E-state index is 12.8. The van der Waals surface area contributed by atoms with Crippen LogP contribution in [0.2, 0.25) is 0 Å². The van der Waals surface area contributed by atoms with E-state index < -0.39 is 0 Å². The Hall–Kier alpha value is -2.30. The summed E-state index contributed by atoms with van der Waals surface area (Å²) in [7, 11) is 0. The lowest BCUT2D eigenvalue weighted by molar-refractivity contribution is -0.118. The Bertz CT molecular complexity index is 781. The van der Waals surface area contributed by atoms with E-state index in [-0.39, 0.29) is 17.1 Å². The van der Waals surface area contributed by atoms with Gasteiger partial charge in [-0.2, -0.15) is 5.10 Å². The summed E-state index contributed by atoms with van der Waals surface area (Å²) < 4.78 is 5.27. The monoisotopic (exact) mass is 297 g/mol. The highest BCUT2D eigenvalue weighted by Gasteiger charge is 2.42. The van der Waals surface area contributed by atoms with E-state index in [0.29, 0.717) is 6.42 Å². The summed E-state index contributed by atoms with van der Waals surface area (Å²) in [5, 5.41) is 10.8. The van der Waals surface area contributed by atoms with Crippen molar-refractivity contribution in [2.24, 2.45) is 5.41 Å². The lowest BCUT2D eigenvalue weighted by Gasteiger charge is -2.37. The minimum atomic E-state index is -0.0904. The summed E-state index contributed by atoms with van der Waals surface area (Å²) in [6.45, 7) is 6.26. The van der Waals surface area contributed by atoms with Crippen LogP contribution in [-0.2, 0) is 4.79 Å². The molecule has 3 heterocycles. The molecule has 2 aromatic heterocycles. The van der Waals surface area contributed by atoms with Gasteiger partial charge in [-0.15, -0.1) is 0 Å². The van der Waals surface area contributed by atoms with Gasteiger partial charge >= 0.3 is 0 Å². The SMILES string of the molecule is Cc1[nH]nc2c1[C@@H](c1ccoc1)C1=C(CC(C)(C)CC1=O)N2. The molecule has 5 nitrogen and oxygen atoms in total. The molecule has 0 amide bonds.